The van der Waals surface area contributed by atoms with Gasteiger partial charge in [-0.3, -0.25) is 0 Å². The van der Waals surface area contributed by atoms with Gasteiger partial charge in [0.1, 0.15) is 9.84 Å². The Hall–Kier alpha value is -0.870. The maximum Gasteiger partial charge on any atom is 0.147 e. The van der Waals surface area contributed by atoms with Gasteiger partial charge in [-0.15, -0.1) is 0 Å². The van der Waals surface area contributed by atoms with Crippen molar-refractivity contribution in [2.45, 2.75) is 51.5 Å². The molecule has 0 saturated carbocycles. The Balaban J connectivity index is 2.56. The van der Waals surface area contributed by atoms with Gasteiger partial charge in [0.15, 0.2) is 0 Å². The van der Waals surface area contributed by atoms with Gasteiger partial charge in [-0.25, -0.2) is 8.42 Å². The van der Waals surface area contributed by atoms with Crippen LogP contribution in [0.2, 0.25) is 0 Å². The monoisotopic (exact) mass is 311 g/mol. The van der Waals surface area contributed by atoms with Gasteiger partial charge >= 0.3 is 0 Å². The zero-order valence-corrected chi connectivity index (χ0v) is 14.5. The van der Waals surface area contributed by atoms with Crippen LogP contribution < -0.4 is 5.32 Å². The Morgan fingerprint density at radius 2 is 1.71 bits per heavy atom. The van der Waals surface area contributed by atoms with Crippen molar-refractivity contribution in [1.82, 2.24) is 5.32 Å². The SMILES string of the molecule is CC(C)(C)NCC(CCCCS(C)(=O)=O)c1ccccc1. The first-order chi connectivity index (χ1) is 9.67. The molecule has 3 nitrogen and oxygen atoms in total. The minimum atomic E-state index is -2.84. The normalized spacial score (nSPS) is 14.1. The van der Waals surface area contributed by atoms with E-state index in [-0.39, 0.29) is 5.54 Å². The molecule has 0 aromatic heterocycles. The molecule has 120 valence electrons. The fourth-order valence-electron chi connectivity index (χ4n) is 2.30. The maximum atomic E-state index is 11.2. The van der Waals surface area contributed by atoms with Crippen LogP contribution in [0.15, 0.2) is 30.3 Å². The molecule has 1 aromatic rings. The summed E-state index contributed by atoms with van der Waals surface area (Å²) in [5.41, 5.74) is 1.42. The van der Waals surface area contributed by atoms with E-state index in [0.717, 1.165) is 25.8 Å². The van der Waals surface area contributed by atoms with Crippen LogP contribution in [0.5, 0.6) is 0 Å². The smallest absolute Gasteiger partial charge is 0.147 e. The molecule has 0 saturated heterocycles. The van der Waals surface area contributed by atoms with Gasteiger partial charge in [0.05, 0.1) is 0 Å². The molecule has 0 radical (unpaired) electrons. The summed E-state index contributed by atoms with van der Waals surface area (Å²) in [5.74, 6) is 0.728. The predicted octanol–water partition coefficient (Wildman–Crippen LogP) is 3.37. The van der Waals surface area contributed by atoms with Crippen molar-refractivity contribution in [3.05, 3.63) is 35.9 Å². The molecule has 4 heteroatoms. The van der Waals surface area contributed by atoms with Crippen molar-refractivity contribution < 1.29 is 8.42 Å². The number of nitrogens with one attached hydrogen (secondary N) is 1. The summed E-state index contributed by atoms with van der Waals surface area (Å²) >= 11 is 0. The van der Waals surface area contributed by atoms with E-state index in [0.29, 0.717) is 11.7 Å². The molecule has 0 aliphatic heterocycles. The highest BCUT2D eigenvalue weighted by molar-refractivity contribution is 7.90. The predicted molar refractivity (Wildman–Crippen MR) is 90.5 cm³/mol. The number of sulfone groups is 1. The van der Waals surface area contributed by atoms with Gasteiger partial charge in [0.2, 0.25) is 0 Å². The lowest BCUT2D eigenvalue weighted by Gasteiger charge is -2.25. The molecule has 1 aromatic carbocycles. The molecule has 1 atom stereocenters. The average molecular weight is 311 g/mol. The molecule has 1 unspecified atom stereocenters. The van der Waals surface area contributed by atoms with Gasteiger partial charge in [0, 0.05) is 24.1 Å². The van der Waals surface area contributed by atoms with Crippen molar-refractivity contribution >= 4 is 9.84 Å². The van der Waals surface area contributed by atoms with Gasteiger partial charge < -0.3 is 5.32 Å². The summed E-state index contributed by atoms with van der Waals surface area (Å²) in [7, 11) is -2.84. The Labute approximate surface area is 130 Å². The van der Waals surface area contributed by atoms with E-state index in [4.69, 9.17) is 0 Å². The zero-order valence-electron chi connectivity index (χ0n) is 13.7. The minimum absolute atomic E-state index is 0.0970. The van der Waals surface area contributed by atoms with Crippen LogP contribution in [0.1, 0.15) is 51.5 Å². The molecule has 1 rings (SSSR count). The van der Waals surface area contributed by atoms with Crippen LogP contribution in [0.3, 0.4) is 0 Å². The highest BCUT2D eigenvalue weighted by Gasteiger charge is 2.16. The van der Waals surface area contributed by atoms with E-state index < -0.39 is 9.84 Å². The maximum absolute atomic E-state index is 11.2. The van der Waals surface area contributed by atoms with E-state index in [9.17, 15) is 8.42 Å². The molecule has 21 heavy (non-hydrogen) atoms. The van der Waals surface area contributed by atoms with Crippen LogP contribution in [0, 0.1) is 0 Å². The van der Waals surface area contributed by atoms with Crippen LogP contribution in [-0.2, 0) is 9.84 Å². The van der Waals surface area contributed by atoms with Crippen LogP contribution in [0.25, 0.3) is 0 Å². The molecule has 0 fully saturated rings. The minimum Gasteiger partial charge on any atom is -0.311 e. The van der Waals surface area contributed by atoms with E-state index in [1.807, 2.05) is 6.07 Å². The first-order valence-corrected chi connectivity index (χ1v) is 9.71. The first kappa shape index (κ1) is 18.2. The van der Waals surface area contributed by atoms with Gasteiger partial charge in [0.25, 0.3) is 0 Å². The molecular weight excluding hydrogens is 282 g/mol. The Morgan fingerprint density at radius 1 is 1.10 bits per heavy atom. The van der Waals surface area contributed by atoms with Crippen molar-refractivity contribution in [1.29, 1.82) is 0 Å². The van der Waals surface area contributed by atoms with Gasteiger partial charge in [-0.05, 0) is 45.1 Å². The fourth-order valence-corrected chi connectivity index (χ4v) is 3.02. The van der Waals surface area contributed by atoms with E-state index >= 15 is 0 Å². The second-order valence-corrected chi connectivity index (χ2v) is 9.12. The number of hydrogen-bond acceptors (Lipinski definition) is 3. The van der Waals surface area contributed by atoms with Crippen LogP contribution >= 0.6 is 0 Å². The molecule has 0 spiro atoms. The second kappa shape index (κ2) is 7.95. The largest absolute Gasteiger partial charge is 0.311 e. The lowest BCUT2D eigenvalue weighted by atomic mass is 9.92. The number of rotatable bonds is 8. The highest BCUT2D eigenvalue weighted by Crippen LogP contribution is 2.22. The standard InChI is InChI=1S/C17H29NO2S/c1-17(2,3)18-14-16(15-10-6-5-7-11-15)12-8-9-13-21(4,19)20/h5-7,10-11,16,18H,8-9,12-14H2,1-4H3. The van der Waals surface area contributed by atoms with Crippen LogP contribution in [0.4, 0.5) is 0 Å². The molecule has 0 bridgehead atoms. The highest BCUT2D eigenvalue weighted by atomic mass is 32.2. The molecule has 0 amide bonds. The second-order valence-electron chi connectivity index (χ2n) is 6.86. The van der Waals surface area contributed by atoms with Gasteiger partial charge in [-0.1, -0.05) is 36.8 Å². The summed E-state index contributed by atoms with van der Waals surface area (Å²) in [4.78, 5) is 0. The van der Waals surface area contributed by atoms with Crippen molar-refractivity contribution in [2.24, 2.45) is 0 Å². The summed E-state index contributed by atoms with van der Waals surface area (Å²) in [6.07, 6.45) is 4.02. The van der Waals surface area contributed by atoms with Crippen molar-refractivity contribution in [3.63, 3.8) is 0 Å². The van der Waals surface area contributed by atoms with E-state index in [1.54, 1.807) is 0 Å². The Kier molecular flexibility index (Phi) is 6.88. The number of hydrogen-bond donors (Lipinski definition) is 1. The van der Waals surface area contributed by atoms with Crippen LogP contribution in [-0.4, -0.2) is 32.5 Å². The average Bonchev–Trinajstić information content (AvgIpc) is 2.36. The zero-order chi connectivity index (χ0) is 15.9. The molecule has 1 N–H and O–H groups in total. The molecular formula is C17H29NO2S. The lowest BCUT2D eigenvalue weighted by molar-refractivity contribution is 0.396. The number of benzene rings is 1. The van der Waals surface area contributed by atoms with Crippen molar-refractivity contribution in [3.8, 4) is 0 Å². The molecule has 0 aliphatic carbocycles. The molecule has 0 aliphatic rings. The Morgan fingerprint density at radius 3 is 2.24 bits per heavy atom. The Bertz CT molecular complexity index is 503. The first-order valence-electron chi connectivity index (χ1n) is 7.65. The van der Waals surface area contributed by atoms with Crippen molar-refractivity contribution in [2.75, 3.05) is 18.6 Å². The topological polar surface area (TPSA) is 46.2 Å². The summed E-state index contributed by atoms with van der Waals surface area (Å²) < 4.78 is 22.4. The third-order valence-corrected chi connectivity index (χ3v) is 4.50. The van der Waals surface area contributed by atoms with E-state index in [2.05, 4.69) is 50.4 Å². The summed E-state index contributed by atoms with van der Waals surface area (Å²) in [6.45, 7) is 7.42. The summed E-state index contributed by atoms with van der Waals surface area (Å²) in [5, 5.41) is 3.56. The van der Waals surface area contributed by atoms with E-state index in [1.165, 1.54) is 11.8 Å². The number of unbranched alkanes of at least 4 members (excludes halogenated alkanes) is 1. The summed E-state index contributed by atoms with van der Waals surface area (Å²) in [6, 6.07) is 10.5. The third-order valence-electron chi connectivity index (χ3n) is 3.47. The lowest BCUT2D eigenvalue weighted by Crippen LogP contribution is -2.38. The van der Waals surface area contributed by atoms with Gasteiger partial charge in [-0.2, -0.15) is 0 Å². The molecule has 0 heterocycles. The third kappa shape index (κ3) is 8.89. The quantitative estimate of drug-likeness (QED) is 0.749. The fraction of sp³-hybridized carbons (Fsp3) is 0.647.